The van der Waals surface area contributed by atoms with Crippen LogP contribution in [-0.4, -0.2) is 32.0 Å². The van der Waals surface area contributed by atoms with Gasteiger partial charge in [-0.15, -0.1) is 0 Å². The van der Waals surface area contributed by atoms with Crippen LogP contribution in [0.4, 0.5) is 0 Å². The maximum Gasteiger partial charge on any atom is 0.221 e. The summed E-state index contributed by atoms with van der Waals surface area (Å²) in [6.07, 6.45) is 4.41. The second-order valence-corrected chi connectivity index (χ2v) is 5.68. The van der Waals surface area contributed by atoms with Gasteiger partial charge in [-0.05, 0) is 27.2 Å². The zero-order valence-corrected chi connectivity index (χ0v) is 13.4. The predicted molar refractivity (Wildman–Crippen MR) is 83.2 cm³/mol. The molecule has 2 heterocycles. The van der Waals surface area contributed by atoms with Gasteiger partial charge in [0.25, 0.3) is 0 Å². The second-order valence-electron chi connectivity index (χ2n) is 5.68. The van der Waals surface area contributed by atoms with Gasteiger partial charge in [-0.1, -0.05) is 13.3 Å². The number of hydrogen-bond donors (Lipinski definition) is 1. The number of carbonyl (C=O) groups is 1. The van der Waals surface area contributed by atoms with Gasteiger partial charge in [0.15, 0.2) is 0 Å². The summed E-state index contributed by atoms with van der Waals surface area (Å²) in [4.78, 5) is 11.8. The van der Waals surface area contributed by atoms with Crippen LogP contribution >= 0.6 is 0 Å². The summed E-state index contributed by atoms with van der Waals surface area (Å²) in [5.74, 6) is 0.0843. The zero-order chi connectivity index (χ0) is 15.4. The maximum atomic E-state index is 11.8. The molecule has 2 rings (SSSR count). The molecule has 21 heavy (non-hydrogen) atoms. The van der Waals surface area contributed by atoms with E-state index in [4.69, 9.17) is 0 Å². The van der Waals surface area contributed by atoms with Crippen LogP contribution in [0.25, 0.3) is 11.0 Å². The first-order valence-corrected chi connectivity index (χ1v) is 7.72. The van der Waals surface area contributed by atoms with Crippen LogP contribution in [0.5, 0.6) is 0 Å². The van der Waals surface area contributed by atoms with Crippen molar-refractivity contribution in [3.63, 3.8) is 0 Å². The summed E-state index contributed by atoms with van der Waals surface area (Å²) >= 11 is 0. The number of unbranched alkanes of at least 4 members (excludes halogenated alkanes) is 1. The molecule has 1 amide bonds. The maximum absolute atomic E-state index is 11.8. The van der Waals surface area contributed by atoms with Crippen molar-refractivity contribution in [3.8, 4) is 0 Å². The highest BCUT2D eigenvalue weighted by Crippen LogP contribution is 2.21. The molecule has 2 aromatic rings. The van der Waals surface area contributed by atoms with Crippen molar-refractivity contribution < 1.29 is 4.79 Å². The molecule has 0 aromatic carbocycles. The van der Waals surface area contributed by atoms with Gasteiger partial charge in [-0.2, -0.15) is 10.2 Å². The summed E-state index contributed by atoms with van der Waals surface area (Å²) in [7, 11) is 0. The molecule has 0 aliphatic carbocycles. The third-order valence-electron chi connectivity index (χ3n) is 3.56. The minimum atomic E-state index is 0.0843. The first-order valence-electron chi connectivity index (χ1n) is 7.72. The smallest absolute Gasteiger partial charge is 0.221 e. The van der Waals surface area contributed by atoms with E-state index in [0.717, 1.165) is 36.1 Å². The van der Waals surface area contributed by atoms with E-state index in [1.54, 1.807) is 0 Å². The van der Waals surface area contributed by atoms with E-state index in [1.165, 1.54) is 0 Å². The highest BCUT2D eigenvalue weighted by molar-refractivity contribution is 5.78. The summed E-state index contributed by atoms with van der Waals surface area (Å²) in [6.45, 7) is 9.65. The Balaban J connectivity index is 2.04. The van der Waals surface area contributed by atoms with Crippen LogP contribution in [0, 0.1) is 6.92 Å². The molecule has 0 saturated carbocycles. The van der Waals surface area contributed by atoms with E-state index in [1.807, 2.05) is 22.5 Å². The van der Waals surface area contributed by atoms with Gasteiger partial charge in [0.05, 0.1) is 18.4 Å². The molecule has 0 saturated heterocycles. The molecule has 0 aliphatic heterocycles. The van der Waals surface area contributed by atoms with Crippen molar-refractivity contribution in [1.29, 1.82) is 0 Å². The van der Waals surface area contributed by atoms with E-state index in [9.17, 15) is 4.79 Å². The fraction of sp³-hybridized carbons (Fsp3) is 0.667. The Bertz CT molecular complexity index is 611. The molecule has 0 fully saturated rings. The highest BCUT2D eigenvalue weighted by atomic mass is 16.1. The number of nitrogens with zero attached hydrogens (tertiary/aromatic N) is 4. The number of fused-ring (bicyclic) bond motifs is 1. The lowest BCUT2D eigenvalue weighted by Gasteiger charge is -2.05. The Morgan fingerprint density at radius 2 is 2.19 bits per heavy atom. The molecule has 0 atom stereocenters. The van der Waals surface area contributed by atoms with E-state index in [-0.39, 0.29) is 5.91 Å². The van der Waals surface area contributed by atoms with Crippen molar-refractivity contribution in [1.82, 2.24) is 24.9 Å². The van der Waals surface area contributed by atoms with Crippen molar-refractivity contribution in [2.45, 2.75) is 59.5 Å². The molecule has 0 spiro atoms. The third kappa shape index (κ3) is 3.43. The van der Waals surface area contributed by atoms with Gasteiger partial charge in [-0.25, -0.2) is 0 Å². The average molecular weight is 291 g/mol. The van der Waals surface area contributed by atoms with Crippen LogP contribution in [-0.2, 0) is 11.3 Å². The number of hydrogen-bond acceptors (Lipinski definition) is 3. The summed E-state index contributed by atoms with van der Waals surface area (Å²) in [5.41, 5.74) is 3.03. The third-order valence-corrected chi connectivity index (χ3v) is 3.56. The molecule has 0 aliphatic rings. The molecular formula is C15H25N5O. The van der Waals surface area contributed by atoms with Gasteiger partial charge >= 0.3 is 0 Å². The Morgan fingerprint density at radius 1 is 1.43 bits per heavy atom. The highest BCUT2D eigenvalue weighted by Gasteiger charge is 2.15. The quantitative estimate of drug-likeness (QED) is 0.797. The fourth-order valence-corrected chi connectivity index (χ4v) is 2.44. The van der Waals surface area contributed by atoms with Gasteiger partial charge in [0.2, 0.25) is 5.91 Å². The number of amides is 1. The lowest BCUT2D eigenvalue weighted by Crippen LogP contribution is -2.25. The first kappa shape index (κ1) is 15.5. The molecule has 6 nitrogen and oxygen atoms in total. The van der Waals surface area contributed by atoms with Crippen LogP contribution in [0.3, 0.4) is 0 Å². The number of rotatable bonds is 7. The van der Waals surface area contributed by atoms with E-state index >= 15 is 0 Å². The van der Waals surface area contributed by atoms with Crippen molar-refractivity contribution in [3.05, 3.63) is 11.9 Å². The standard InChI is InChI=1S/C15H25N5O/c1-5-6-8-16-14(21)7-9-19-15-12(4)18-20(11(2)3)13(15)10-17-19/h10-11H,5-9H2,1-4H3,(H,16,21). The van der Waals surface area contributed by atoms with Crippen LogP contribution in [0.1, 0.15) is 51.8 Å². The monoisotopic (exact) mass is 291 g/mol. The van der Waals surface area contributed by atoms with Gasteiger partial charge < -0.3 is 5.32 Å². The summed E-state index contributed by atoms with van der Waals surface area (Å²) in [5, 5.41) is 11.9. The molecule has 2 aromatic heterocycles. The molecule has 116 valence electrons. The fourth-order valence-electron chi connectivity index (χ4n) is 2.44. The molecule has 1 N–H and O–H groups in total. The van der Waals surface area contributed by atoms with Crippen molar-refractivity contribution in [2.75, 3.05) is 6.54 Å². The molecule has 0 radical (unpaired) electrons. The molecular weight excluding hydrogens is 266 g/mol. The topological polar surface area (TPSA) is 64.7 Å². The van der Waals surface area contributed by atoms with Crippen molar-refractivity contribution in [2.24, 2.45) is 0 Å². The number of aryl methyl sites for hydroxylation is 2. The number of nitrogens with one attached hydrogen (secondary N) is 1. The van der Waals surface area contributed by atoms with Gasteiger partial charge in [0.1, 0.15) is 11.0 Å². The Labute approximate surface area is 125 Å². The SMILES string of the molecule is CCCCNC(=O)CCn1ncc2c1c(C)nn2C(C)C. The van der Waals surface area contributed by atoms with Crippen molar-refractivity contribution >= 4 is 16.9 Å². The Hall–Kier alpha value is -1.85. The van der Waals surface area contributed by atoms with Crippen LogP contribution < -0.4 is 5.32 Å². The Kier molecular flexibility index (Phi) is 4.98. The minimum absolute atomic E-state index is 0.0843. The summed E-state index contributed by atoms with van der Waals surface area (Å²) in [6, 6.07) is 0.302. The van der Waals surface area contributed by atoms with E-state index in [0.29, 0.717) is 19.0 Å². The lowest BCUT2D eigenvalue weighted by molar-refractivity contribution is -0.121. The predicted octanol–water partition coefficient (Wildman–Crippen LogP) is 2.43. The average Bonchev–Trinajstić information content (AvgIpc) is 2.98. The number of carbonyl (C=O) groups excluding carboxylic acids is 1. The van der Waals surface area contributed by atoms with E-state index in [2.05, 4.69) is 36.3 Å². The molecule has 6 heteroatoms. The van der Waals surface area contributed by atoms with Gasteiger partial charge in [0, 0.05) is 19.0 Å². The van der Waals surface area contributed by atoms with Crippen LogP contribution in [0.2, 0.25) is 0 Å². The normalized spacial score (nSPS) is 11.5. The first-order chi connectivity index (χ1) is 10.0. The largest absolute Gasteiger partial charge is 0.356 e. The number of aromatic nitrogens is 4. The van der Waals surface area contributed by atoms with E-state index < -0.39 is 0 Å². The summed E-state index contributed by atoms with van der Waals surface area (Å²) < 4.78 is 3.87. The van der Waals surface area contributed by atoms with Crippen LogP contribution in [0.15, 0.2) is 6.20 Å². The Morgan fingerprint density at radius 3 is 2.86 bits per heavy atom. The minimum Gasteiger partial charge on any atom is -0.356 e. The zero-order valence-electron chi connectivity index (χ0n) is 13.4. The lowest BCUT2D eigenvalue weighted by atomic mass is 10.3. The molecule has 0 bridgehead atoms. The van der Waals surface area contributed by atoms with Gasteiger partial charge in [-0.3, -0.25) is 14.2 Å². The second kappa shape index (κ2) is 6.74. The molecule has 0 unspecified atom stereocenters.